The van der Waals surface area contributed by atoms with E-state index in [1.807, 2.05) is 11.8 Å². The highest BCUT2D eigenvalue weighted by atomic mass is 16.2. The molecule has 4 heterocycles. The Balaban J connectivity index is 1.37. The van der Waals surface area contributed by atoms with Crippen molar-refractivity contribution in [2.45, 2.75) is 26.8 Å². The molecule has 9 heteroatoms. The highest BCUT2D eigenvalue weighted by Crippen LogP contribution is 2.19. The molecule has 2 aromatic heterocycles. The number of nitrogens with zero attached hydrogens (tertiary/aromatic N) is 8. The molecular weight excluding hydrogens is 356 g/mol. The van der Waals surface area contributed by atoms with Gasteiger partial charge < -0.3 is 14.7 Å². The molecule has 0 N–H and O–H groups in total. The summed E-state index contributed by atoms with van der Waals surface area (Å²) < 4.78 is 1.80. The van der Waals surface area contributed by atoms with Gasteiger partial charge in [0.1, 0.15) is 12.1 Å². The summed E-state index contributed by atoms with van der Waals surface area (Å²) in [5, 5.41) is 4.31. The highest BCUT2D eigenvalue weighted by Gasteiger charge is 2.30. The highest BCUT2D eigenvalue weighted by molar-refractivity contribution is 5.81. The van der Waals surface area contributed by atoms with Crippen LogP contribution in [-0.4, -0.2) is 105 Å². The Morgan fingerprint density at radius 2 is 1.82 bits per heavy atom. The minimum Gasteiger partial charge on any atom is -0.354 e. The summed E-state index contributed by atoms with van der Waals surface area (Å²) in [7, 11) is 0. The number of hydrogen-bond donors (Lipinski definition) is 0. The second-order valence-corrected chi connectivity index (χ2v) is 7.69. The van der Waals surface area contributed by atoms with Gasteiger partial charge in [-0.15, -0.1) is 0 Å². The molecule has 9 nitrogen and oxygen atoms in total. The van der Waals surface area contributed by atoms with E-state index in [9.17, 15) is 4.79 Å². The van der Waals surface area contributed by atoms with Crippen molar-refractivity contribution in [1.82, 2.24) is 34.3 Å². The van der Waals surface area contributed by atoms with Gasteiger partial charge in [-0.1, -0.05) is 6.92 Å². The number of piperazine rings is 2. The zero-order valence-electron chi connectivity index (χ0n) is 17.1. The summed E-state index contributed by atoms with van der Waals surface area (Å²) >= 11 is 0. The molecule has 0 aromatic carbocycles. The topological polar surface area (TPSA) is 73.1 Å². The van der Waals surface area contributed by atoms with E-state index in [0.29, 0.717) is 5.78 Å². The smallest absolute Gasteiger partial charge is 0.254 e. The predicted molar refractivity (Wildman–Crippen MR) is 107 cm³/mol. The lowest BCUT2D eigenvalue weighted by molar-refractivity contribution is -0.138. The number of carbonyl (C=O) groups excluding carboxylic acids is 1. The zero-order chi connectivity index (χ0) is 19.7. The minimum atomic E-state index is -0.0686. The van der Waals surface area contributed by atoms with Gasteiger partial charge >= 0.3 is 0 Å². The lowest BCUT2D eigenvalue weighted by Crippen LogP contribution is -2.57. The molecule has 2 aliphatic rings. The monoisotopic (exact) mass is 386 g/mol. The number of hydrogen-bond acceptors (Lipinski definition) is 7. The molecular formula is C19H30N8O. The van der Waals surface area contributed by atoms with Gasteiger partial charge in [0.15, 0.2) is 0 Å². The lowest BCUT2D eigenvalue weighted by Gasteiger charge is -2.41. The second-order valence-electron chi connectivity index (χ2n) is 7.69. The van der Waals surface area contributed by atoms with Crippen LogP contribution in [0.5, 0.6) is 0 Å². The van der Waals surface area contributed by atoms with Crippen molar-refractivity contribution in [1.29, 1.82) is 0 Å². The number of aryl methyl sites for hydroxylation is 1. The number of rotatable bonds is 4. The molecule has 2 aromatic rings. The summed E-state index contributed by atoms with van der Waals surface area (Å²) in [5.41, 5.74) is 0.938. The van der Waals surface area contributed by atoms with Crippen molar-refractivity contribution in [2.75, 3.05) is 63.8 Å². The fraction of sp³-hybridized carbons (Fsp3) is 0.684. The van der Waals surface area contributed by atoms with Gasteiger partial charge in [-0.05, 0) is 20.4 Å². The molecule has 0 saturated carbocycles. The van der Waals surface area contributed by atoms with Crippen molar-refractivity contribution in [3.05, 3.63) is 18.1 Å². The molecule has 0 spiro atoms. The van der Waals surface area contributed by atoms with Crippen molar-refractivity contribution >= 4 is 17.5 Å². The maximum atomic E-state index is 13.0. The van der Waals surface area contributed by atoms with Crippen LogP contribution in [0.4, 0.5) is 5.82 Å². The summed E-state index contributed by atoms with van der Waals surface area (Å²) in [6, 6.07) is 1.99. The first kappa shape index (κ1) is 19.1. The molecule has 152 valence electrons. The van der Waals surface area contributed by atoms with Gasteiger partial charge in [0.25, 0.3) is 5.78 Å². The van der Waals surface area contributed by atoms with Crippen LogP contribution >= 0.6 is 0 Å². The number of fused-ring (bicyclic) bond motifs is 1. The standard InChI is InChI=1S/C19H30N8O/c1-4-23-5-7-26(8-6-23)18(28)16(3)24-9-11-25(12-10-24)17-13-15(2)22-19-20-14-21-27(17)19/h13-14,16H,4-12H2,1-3H3. The Morgan fingerprint density at radius 3 is 2.50 bits per heavy atom. The largest absolute Gasteiger partial charge is 0.354 e. The van der Waals surface area contributed by atoms with Gasteiger partial charge in [-0.2, -0.15) is 14.6 Å². The molecule has 0 bridgehead atoms. The Hall–Kier alpha value is -2.26. The SMILES string of the molecule is CCN1CCN(C(=O)C(C)N2CCN(c3cc(C)nc4ncnn34)CC2)CC1. The van der Waals surface area contributed by atoms with Gasteiger partial charge in [0.2, 0.25) is 5.91 Å². The third-order valence-electron chi connectivity index (χ3n) is 6.04. The van der Waals surface area contributed by atoms with E-state index >= 15 is 0 Å². The van der Waals surface area contributed by atoms with Crippen LogP contribution in [0.25, 0.3) is 5.78 Å². The molecule has 0 aliphatic carbocycles. The van der Waals surface area contributed by atoms with E-state index < -0.39 is 0 Å². The summed E-state index contributed by atoms with van der Waals surface area (Å²) in [6.07, 6.45) is 1.54. The minimum absolute atomic E-state index is 0.0686. The molecule has 2 fully saturated rings. The second kappa shape index (κ2) is 8.00. The first-order valence-electron chi connectivity index (χ1n) is 10.2. The Labute approximate surface area is 165 Å². The third kappa shape index (κ3) is 3.68. The molecule has 28 heavy (non-hydrogen) atoms. The zero-order valence-corrected chi connectivity index (χ0v) is 17.1. The van der Waals surface area contributed by atoms with Gasteiger partial charge in [-0.3, -0.25) is 9.69 Å². The molecule has 4 rings (SSSR count). The third-order valence-corrected chi connectivity index (χ3v) is 6.04. The van der Waals surface area contributed by atoms with E-state index in [1.54, 1.807) is 10.8 Å². The average molecular weight is 387 g/mol. The number of anilines is 1. The molecule has 0 radical (unpaired) electrons. The van der Waals surface area contributed by atoms with E-state index in [4.69, 9.17) is 0 Å². The quantitative estimate of drug-likeness (QED) is 0.738. The van der Waals surface area contributed by atoms with E-state index in [0.717, 1.165) is 70.4 Å². The fourth-order valence-corrected chi connectivity index (χ4v) is 4.18. The number of likely N-dealkylation sites (N-methyl/N-ethyl adjacent to an activating group) is 1. The Morgan fingerprint density at radius 1 is 1.11 bits per heavy atom. The van der Waals surface area contributed by atoms with Crippen LogP contribution in [0, 0.1) is 6.92 Å². The van der Waals surface area contributed by atoms with Gasteiger partial charge in [-0.25, -0.2) is 4.98 Å². The van der Waals surface area contributed by atoms with Gasteiger partial charge in [0, 0.05) is 64.1 Å². The van der Waals surface area contributed by atoms with Crippen molar-refractivity contribution in [3.8, 4) is 0 Å². The summed E-state index contributed by atoms with van der Waals surface area (Å²) in [4.78, 5) is 30.6. The van der Waals surface area contributed by atoms with Crippen LogP contribution in [0.2, 0.25) is 0 Å². The lowest BCUT2D eigenvalue weighted by atomic mass is 10.2. The van der Waals surface area contributed by atoms with Crippen LogP contribution in [0.15, 0.2) is 12.4 Å². The fourth-order valence-electron chi connectivity index (χ4n) is 4.18. The maximum Gasteiger partial charge on any atom is 0.254 e. The normalized spacial score (nSPS) is 20.7. The number of carbonyl (C=O) groups is 1. The predicted octanol–water partition coefficient (Wildman–Crippen LogP) is 0.107. The van der Waals surface area contributed by atoms with Crippen LogP contribution in [0.3, 0.4) is 0 Å². The van der Waals surface area contributed by atoms with E-state index in [-0.39, 0.29) is 11.9 Å². The van der Waals surface area contributed by atoms with Crippen LogP contribution in [0.1, 0.15) is 19.5 Å². The van der Waals surface area contributed by atoms with E-state index in [1.165, 1.54) is 0 Å². The Kier molecular flexibility index (Phi) is 5.45. The van der Waals surface area contributed by atoms with Crippen LogP contribution < -0.4 is 4.90 Å². The number of aromatic nitrogens is 4. The summed E-state index contributed by atoms with van der Waals surface area (Å²) in [5.74, 6) is 1.92. The molecule has 1 atom stereocenters. The molecule has 1 unspecified atom stereocenters. The maximum absolute atomic E-state index is 13.0. The van der Waals surface area contributed by atoms with Gasteiger partial charge in [0.05, 0.1) is 6.04 Å². The van der Waals surface area contributed by atoms with Crippen molar-refractivity contribution in [2.24, 2.45) is 0 Å². The summed E-state index contributed by atoms with van der Waals surface area (Å²) in [6.45, 7) is 14.4. The Bertz CT molecular complexity index is 820. The van der Waals surface area contributed by atoms with Crippen molar-refractivity contribution < 1.29 is 4.79 Å². The first-order valence-corrected chi connectivity index (χ1v) is 10.2. The average Bonchev–Trinajstić information content (AvgIpc) is 3.20. The number of amides is 1. The van der Waals surface area contributed by atoms with Crippen molar-refractivity contribution in [3.63, 3.8) is 0 Å². The first-order chi connectivity index (χ1) is 13.6. The molecule has 1 amide bonds. The van der Waals surface area contributed by atoms with E-state index in [2.05, 4.69) is 49.7 Å². The molecule has 2 aliphatic heterocycles. The van der Waals surface area contributed by atoms with Crippen LogP contribution in [-0.2, 0) is 4.79 Å². The molecule has 2 saturated heterocycles.